The van der Waals surface area contributed by atoms with Crippen LogP contribution in [0, 0.1) is 6.92 Å². The Bertz CT molecular complexity index is 1370. The van der Waals surface area contributed by atoms with Gasteiger partial charge in [0.15, 0.2) is 15.8 Å². The molecule has 5 nitrogen and oxygen atoms in total. The minimum Gasteiger partial charge on any atom is -0.493 e. The molecule has 0 atom stereocenters. The minimum atomic E-state index is -0.167. The van der Waals surface area contributed by atoms with Gasteiger partial charge in [0.25, 0.3) is 5.91 Å². The van der Waals surface area contributed by atoms with E-state index < -0.39 is 0 Å². The van der Waals surface area contributed by atoms with Gasteiger partial charge in [0.05, 0.1) is 35.4 Å². The van der Waals surface area contributed by atoms with Crippen LogP contribution < -0.4 is 19.1 Å². The Morgan fingerprint density at radius 3 is 2.46 bits per heavy atom. The second-order valence-corrected chi connectivity index (χ2v) is 11.4. The van der Waals surface area contributed by atoms with E-state index in [2.05, 4.69) is 39.0 Å². The van der Waals surface area contributed by atoms with Gasteiger partial charge in [0, 0.05) is 6.42 Å². The fourth-order valence-corrected chi connectivity index (χ4v) is 5.72. The summed E-state index contributed by atoms with van der Waals surface area (Å²) in [4.78, 5) is 15.2. The molecule has 0 unspecified atom stereocenters. The Morgan fingerprint density at radius 2 is 1.74 bits per heavy atom. The Balaban J connectivity index is 1.43. The number of thioether (sulfide) groups is 1. The maximum absolute atomic E-state index is 13.1. The molecule has 1 heterocycles. The van der Waals surface area contributed by atoms with Crippen molar-refractivity contribution in [1.82, 2.24) is 0 Å². The Labute approximate surface area is 245 Å². The first-order valence-corrected chi connectivity index (χ1v) is 14.5. The number of amides is 1. The van der Waals surface area contributed by atoms with Crippen LogP contribution in [0.5, 0.6) is 17.2 Å². The molecule has 0 aliphatic carbocycles. The van der Waals surface area contributed by atoms with Gasteiger partial charge in [-0.25, -0.2) is 0 Å². The number of aryl methyl sites for hydroxylation is 1. The third-order valence-electron chi connectivity index (χ3n) is 6.02. The van der Waals surface area contributed by atoms with Crippen molar-refractivity contribution in [2.24, 2.45) is 0 Å². The number of nitrogens with zero attached hydrogens (tertiary/aromatic N) is 1. The summed E-state index contributed by atoms with van der Waals surface area (Å²) in [5.41, 5.74) is 3.83. The molecule has 39 heavy (non-hydrogen) atoms. The molecule has 0 saturated carbocycles. The summed E-state index contributed by atoms with van der Waals surface area (Å²) >= 11 is 13.4. The van der Waals surface area contributed by atoms with Crippen molar-refractivity contribution in [3.8, 4) is 17.2 Å². The SMILES string of the molecule is CCOc1cc(C=C2SC(=S)N(c3ccccc3)C2=O)cc(Cl)c1OCCCOc1cc(C)ccc1C(C)C. The molecule has 1 aliphatic heterocycles. The predicted octanol–water partition coefficient (Wildman–Crippen LogP) is 8.42. The highest BCUT2D eigenvalue weighted by molar-refractivity contribution is 8.27. The number of hydrogen-bond acceptors (Lipinski definition) is 6. The van der Waals surface area contributed by atoms with E-state index in [1.807, 2.05) is 43.3 Å². The van der Waals surface area contributed by atoms with Gasteiger partial charge in [-0.15, -0.1) is 0 Å². The van der Waals surface area contributed by atoms with Crippen LogP contribution in [0.4, 0.5) is 5.69 Å². The van der Waals surface area contributed by atoms with Gasteiger partial charge in [-0.1, -0.05) is 79.8 Å². The number of carbonyl (C=O) groups excluding carboxylic acids is 1. The summed E-state index contributed by atoms with van der Waals surface area (Å²) in [6.07, 6.45) is 2.46. The molecule has 1 saturated heterocycles. The molecule has 0 aromatic heterocycles. The van der Waals surface area contributed by atoms with Crippen molar-refractivity contribution in [2.75, 3.05) is 24.7 Å². The number of para-hydroxylation sites is 1. The molecular formula is C31H32ClNO4S2. The molecule has 4 rings (SSSR count). The van der Waals surface area contributed by atoms with E-state index >= 15 is 0 Å². The van der Waals surface area contributed by atoms with Crippen LogP contribution >= 0.6 is 35.6 Å². The maximum Gasteiger partial charge on any atom is 0.270 e. The summed E-state index contributed by atoms with van der Waals surface area (Å²) in [7, 11) is 0. The summed E-state index contributed by atoms with van der Waals surface area (Å²) in [5.74, 6) is 2.13. The summed E-state index contributed by atoms with van der Waals surface area (Å²) < 4.78 is 18.4. The van der Waals surface area contributed by atoms with Crippen LogP contribution in [-0.2, 0) is 4.79 Å². The Morgan fingerprint density at radius 1 is 1.00 bits per heavy atom. The van der Waals surface area contributed by atoms with Crippen LogP contribution in [0.3, 0.4) is 0 Å². The molecule has 1 aliphatic rings. The topological polar surface area (TPSA) is 48.0 Å². The normalized spacial score (nSPS) is 14.4. The lowest BCUT2D eigenvalue weighted by atomic mass is 10.0. The van der Waals surface area contributed by atoms with E-state index in [1.165, 1.54) is 27.8 Å². The van der Waals surface area contributed by atoms with E-state index in [-0.39, 0.29) is 5.91 Å². The van der Waals surface area contributed by atoms with Gasteiger partial charge in [-0.2, -0.15) is 0 Å². The first-order valence-electron chi connectivity index (χ1n) is 12.9. The average Bonchev–Trinajstić information content (AvgIpc) is 3.17. The van der Waals surface area contributed by atoms with Crippen molar-refractivity contribution in [3.63, 3.8) is 0 Å². The largest absolute Gasteiger partial charge is 0.493 e. The van der Waals surface area contributed by atoms with E-state index in [0.29, 0.717) is 57.9 Å². The average molecular weight is 582 g/mol. The van der Waals surface area contributed by atoms with Gasteiger partial charge in [-0.3, -0.25) is 9.69 Å². The van der Waals surface area contributed by atoms with E-state index in [9.17, 15) is 4.79 Å². The summed E-state index contributed by atoms with van der Waals surface area (Å²) in [6.45, 7) is 9.66. The molecule has 1 amide bonds. The highest BCUT2D eigenvalue weighted by atomic mass is 35.5. The molecule has 1 fully saturated rings. The first kappa shape index (κ1) is 29.0. The zero-order chi connectivity index (χ0) is 27.9. The molecule has 0 spiro atoms. The number of benzene rings is 3. The lowest BCUT2D eigenvalue weighted by Gasteiger charge is -2.16. The molecular weight excluding hydrogens is 550 g/mol. The number of halogens is 1. The molecule has 0 N–H and O–H groups in total. The van der Waals surface area contributed by atoms with Crippen molar-refractivity contribution in [1.29, 1.82) is 0 Å². The quantitative estimate of drug-likeness (QED) is 0.129. The van der Waals surface area contributed by atoms with Gasteiger partial charge in [0.2, 0.25) is 0 Å². The molecule has 204 valence electrons. The van der Waals surface area contributed by atoms with E-state index in [1.54, 1.807) is 12.1 Å². The summed E-state index contributed by atoms with van der Waals surface area (Å²) in [5, 5.41) is 0.410. The lowest BCUT2D eigenvalue weighted by molar-refractivity contribution is -0.113. The Kier molecular flexibility index (Phi) is 9.94. The third kappa shape index (κ3) is 7.15. The number of hydrogen-bond donors (Lipinski definition) is 0. The zero-order valence-electron chi connectivity index (χ0n) is 22.5. The number of ether oxygens (including phenoxy) is 3. The van der Waals surface area contributed by atoms with Gasteiger partial charge in [0.1, 0.15) is 5.75 Å². The molecule has 0 bridgehead atoms. The summed E-state index contributed by atoms with van der Waals surface area (Å²) in [6, 6.07) is 19.3. The van der Waals surface area contributed by atoms with Gasteiger partial charge < -0.3 is 14.2 Å². The van der Waals surface area contributed by atoms with Crippen LogP contribution in [0.2, 0.25) is 5.02 Å². The smallest absolute Gasteiger partial charge is 0.270 e. The van der Waals surface area contributed by atoms with Gasteiger partial charge in [-0.05, 0) is 72.9 Å². The van der Waals surface area contributed by atoms with E-state index in [4.69, 9.17) is 38.0 Å². The highest BCUT2D eigenvalue weighted by Gasteiger charge is 2.33. The number of anilines is 1. The van der Waals surface area contributed by atoms with Crippen molar-refractivity contribution in [3.05, 3.63) is 87.3 Å². The van der Waals surface area contributed by atoms with Crippen LogP contribution in [0.15, 0.2) is 65.6 Å². The monoisotopic (exact) mass is 581 g/mol. The maximum atomic E-state index is 13.1. The van der Waals surface area contributed by atoms with E-state index in [0.717, 1.165) is 17.0 Å². The molecule has 3 aromatic carbocycles. The van der Waals surface area contributed by atoms with Crippen LogP contribution in [-0.4, -0.2) is 30.0 Å². The number of thiocarbonyl (C=S) groups is 1. The lowest BCUT2D eigenvalue weighted by Crippen LogP contribution is -2.27. The van der Waals surface area contributed by atoms with Crippen molar-refractivity contribution >= 4 is 57.6 Å². The third-order valence-corrected chi connectivity index (χ3v) is 7.60. The van der Waals surface area contributed by atoms with Crippen LogP contribution in [0.1, 0.15) is 49.8 Å². The molecule has 8 heteroatoms. The standard InChI is InChI=1S/C31H32ClNO4S2/c1-5-35-27-18-22(19-28-30(34)33(31(38)39-28)23-10-7-6-8-11-23)17-25(32)29(27)37-15-9-14-36-26-16-21(4)12-13-24(26)20(2)3/h6-8,10-13,16-20H,5,9,14-15H2,1-4H3. The molecule has 3 aromatic rings. The first-order chi connectivity index (χ1) is 18.8. The highest BCUT2D eigenvalue weighted by Crippen LogP contribution is 2.40. The zero-order valence-corrected chi connectivity index (χ0v) is 24.9. The fraction of sp³-hybridized carbons (Fsp3) is 0.290. The number of rotatable bonds is 11. The van der Waals surface area contributed by atoms with Gasteiger partial charge >= 0.3 is 0 Å². The Hall–Kier alpha value is -3.00. The number of carbonyl (C=O) groups is 1. The van der Waals surface area contributed by atoms with Crippen molar-refractivity contribution < 1.29 is 19.0 Å². The fourth-order valence-electron chi connectivity index (χ4n) is 4.15. The minimum absolute atomic E-state index is 0.167. The molecule has 0 radical (unpaired) electrons. The second-order valence-electron chi connectivity index (χ2n) is 9.36. The second kappa shape index (κ2) is 13.4. The predicted molar refractivity (Wildman–Crippen MR) is 166 cm³/mol. The van der Waals surface area contributed by atoms with Crippen molar-refractivity contribution in [2.45, 2.75) is 40.0 Å². The van der Waals surface area contributed by atoms with Crippen LogP contribution in [0.25, 0.3) is 6.08 Å².